The number of carbonyl (C=O) groups excluding carboxylic acids is 1. The molecule has 1 N–H and O–H groups in total. The van der Waals surface area contributed by atoms with Gasteiger partial charge in [0.25, 0.3) is 0 Å². The fourth-order valence-corrected chi connectivity index (χ4v) is 4.27. The average Bonchev–Trinajstić information content (AvgIpc) is 3.20. The molecule has 2 amide bonds. The van der Waals surface area contributed by atoms with Crippen molar-refractivity contribution in [2.45, 2.75) is 44.9 Å². The maximum absolute atomic E-state index is 12.5. The SMILES string of the molecule is C[C@@H](Cc1cccs1)NC(=O)N1CCC[C@H](C2(C)OCCO2)C1. The summed E-state index contributed by atoms with van der Waals surface area (Å²) in [5, 5.41) is 5.19. The third-order valence-corrected chi connectivity index (χ3v) is 5.67. The number of piperidine rings is 1. The van der Waals surface area contributed by atoms with Gasteiger partial charge in [0.1, 0.15) is 0 Å². The first-order valence-corrected chi connectivity index (χ1v) is 9.30. The quantitative estimate of drug-likeness (QED) is 0.918. The molecular formula is C17H26N2O3S. The van der Waals surface area contributed by atoms with Crippen molar-refractivity contribution in [3.8, 4) is 0 Å². The summed E-state index contributed by atoms with van der Waals surface area (Å²) in [5.41, 5.74) is 0. The van der Waals surface area contributed by atoms with E-state index in [9.17, 15) is 4.79 Å². The monoisotopic (exact) mass is 338 g/mol. The Labute approximate surface area is 142 Å². The second-order valence-corrected chi connectivity index (χ2v) is 7.66. The summed E-state index contributed by atoms with van der Waals surface area (Å²) in [6.45, 7) is 6.88. The molecule has 6 heteroatoms. The van der Waals surface area contributed by atoms with E-state index in [-0.39, 0.29) is 18.0 Å². The van der Waals surface area contributed by atoms with Gasteiger partial charge in [0.15, 0.2) is 5.79 Å². The molecule has 2 saturated heterocycles. The molecule has 2 fully saturated rings. The fraction of sp³-hybridized carbons (Fsp3) is 0.706. The molecule has 1 aromatic rings. The molecule has 0 aromatic carbocycles. The highest BCUT2D eigenvalue weighted by atomic mass is 32.1. The third-order valence-electron chi connectivity index (χ3n) is 4.77. The Bertz CT molecular complexity index is 514. The lowest BCUT2D eigenvalue weighted by Gasteiger charge is -2.40. The van der Waals surface area contributed by atoms with Gasteiger partial charge in [-0.25, -0.2) is 4.79 Å². The summed E-state index contributed by atoms with van der Waals surface area (Å²) in [7, 11) is 0. The highest BCUT2D eigenvalue weighted by Crippen LogP contribution is 2.34. The lowest BCUT2D eigenvalue weighted by atomic mass is 9.90. The summed E-state index contributed by atoms with van der Waals surface area (Å²) < 4.78 is 11.6. The Balaban J connectivity index is 1.52. The highest BCUT2D eigenvalue weighted by molar-refractivity contribution is 7.09. The van der Waals surface area contributed by atoms with Crippen molar-refractivity contribution in [3.63, 3.8) is 0 Å². The smallest absolute Gasteiger partial charge is 0.317 e. The zero-order valence-electron chi connectivity index (χ0n) is 13.9. The zero-order valence-corrected chi connectivity index (χ0v) is 14.7. The van der Waals surface area contributed by atoms with Crippen LogP contribution in [0.25, 0.3) is 0 Å². The minimum absolute atomic E-state index is 0.0281. The number of amides is 2. The summed E-state index contributed by atoms with van der Waals surface area (Å²) in [6.07, 6.45) is 2.93. The molecule has 2 aliphatic rings. The molecule has 0 bridgehead atoms. The van der Waals surface area contributed by atoms with Crippen molar-refractivity contribution in [1.82, 2.24) is 10.2 Å². The zero-order chi connectivity index (χ0) is 16.3. The van der Waals surface area contributed by atoms with Crippen molar-refractivity contribution in [3.05, 3.63) is 22.4 Å². The van der Waals surface area contributed by atoms with Crippen LogP contribution in [0.2, 0.25) is 0 Å². The molecule has 0 unspecified atom stereocenters. The summed E-state index contributed by atoms with van der Waals surface area (Å²) in [4.78, 5) is 15.8. The second-order valence-electron chi connectivity index (χ2n) is 6.63. The van der Waals surface area contributed by atoms with Crippen LogP contribution < -0.4 is 5.32 Å². The predicted molar refractivity (Wildman–Crippen MR) is 90.6 cm³/mol. The van der Waals surface area contributed by atoms with Crippen molar-refractivity contribution in [2.24, 2.45) is 5.92 Å². The van der Waals surface area contributed by atoms with Gasteiger partial charge >= 0.3 is 6.03 Å². The van der Waals surface area contributed by atoms with E-state index in [1.807, 2.05) is 17.9 Å². The van der Waals surface area contributed by atoms with Gasteiger partial charge in [0.05, 0.1) is 13.2 Å². The van der Waals surface area contributed by atoms with Crippen LogP contribution >= 0.6 is 11.3 Å². The standard InChI is InChI=1S/C17H26N2O3S/c1-13(11-15-6-4-10-23-15)18-16(20)19-7-3-5-14(12-19)17(2)21-8-9-22-17/h4,6,10,13-14H,3,5,7-9,11-12H2,1-2H3,(H,18,20)/t13-,14-/m0/s1. The van der Waals surface area contributed by atoms with Gasteiger partial charge < -0.3 is 19.7 Å². The van der Waals surface area contributed by atoms with E-state index in [2.05, 4.69) is 23.7 Å². The molecule has 3 rings (SSSR count). The van der Waals surface area contributed by atoms with Gasteiger partial charge in [0.2, 0.25) is 0 Å². The molecule has 2 atom stereocenters. The average molecular weight is 338 g/mol. The highest BCUT2D eigenvalue weighted by Gasteiger charge is 2.42. The fourth-order valence-electron chi connectivity index (χ4n) is 3.44. The maximum Gasteiger partial charge on any atom is 0.317 e. The predicted octanol–water partition coefficient (Wildman–Crippen LogP) is 2.86. The number of urea groups is 1. The number of nitrogens with one attached hydrogen (secondary N) is 1. The molecule has 5 nitrogen and oxygen atoms in total. The van der Waals surface area contributed by atoms with E-state index < -0.39 is 5.79 Å². The largest absolute Gasteiger partial charge is 0.347 e. The Morgan fingerprint density at radius 2 is 2.30 bits per heavy atom. The van der Waals surface area contributed by atoms with Crippen molar-refractivity contribution < 1.29 is 14.3 Å². The number of ether oxygens (including phenoxy) is 2. The van der Waals surface area contributed by atoms with Gasteiger partial charge in [-0.1, -0.05) is 6.07 Å². The van der Waals surface area contributed by atoms with Crippen LogP contribution in [-0.2, 0) is 15.9 Å². The maximum atomic E-state index is 12.5. The minimum Gasteiger partial charge on any atom is -0.347 e. The van der Waals surface area contributed by atoms with Crippen molar-refractivity contribution in [1.29, 1.82) is 0 Å². The summed E-state index contributed by atoms with van der Waals surface area (Å²) >= 11 is 1.73. The summed E-state index contributed by atoms with van der Waals surface area (Å²) in [6, 6.07) is 4.32. The Morgan fingerprint density at radius 3 is 3.00 bits per heavy atom. The van der Waals surface area contributed by atoms with E-state index in [0.29, 0.717) is 19.8 Å². The number of carbonyl (C=O) groups is 1. The Morgan fingerprint density at radius 1 is 1.52 bits per heavy atom. The van der Waals surface area contributed by atoms with Crippen molar-refractivity contribution in [2.75, 3.05) is 26.3 Å². The Hall–Kier alpha value is -1.11. The first-order chi connectivity index (χ1) is 11.1. The molecule has 0 spiro atoms. The molecule has 2 aliphatic heterocycles. The molecule has 128 valence electrons. The van der Waals surface area contributed by atoms with E-state index in [0.717, 1.165) is 25.8 Å². The number of nitrogens with zero attached hydrogens (tertiary/aromatic N) is 1. The topological polar surface area (TPSA) is 50.8 Å². The van der Waals surface area contributed by atoms with Crippen LogP contribution in [0.5, 0.6) is 0 Å². The summed E-state index contributed by atoms with van der Waals surface area (Å²) in [5.74, 6) is -0.279. The number of rotatable bonds is 4. The molecular weight excluding hydrogens is 312 g/mol. The number of hydrogen-bond donors (Lipinski definition) is 1. The first kappa shape index (κ1) is 16.7. The van der Waals surface area contributed by atoms with Gasteiger partial charge in [-0.05, 0) is 38.1 Å². The van der Waals surface area contributed by atoms with E-state index >= 15 is 0 Å². The molecule has 1 aromatic heterocycles. The van der Waals surface area contributed by atoms with E-state index in [4.69, 9.17) is 9.47 Å². The van der Waals surface area contributed by atoms with Gasteiger partial charge in [0, 0.05) is 36.3 Å². The van der Waals surface area contributed by atoms with Crippen LogP contribution in [0, 0.1) is 5.92 Å². The van der Waals surface area contributed by atoms with E-state index in [1.54, 1.807) is 11.3 Å². The van der Waals surface area contributed by atoms with Crippen LogP contribution in [-0.4, -0.2) is 49.1 Å². The Kier molecular flexibility index (Phi) is 5.24. The minimum atomic E-state index is -0.526. The van der Waals surface area contributed by atoms with Gasteiger partial charge in [-0.15, -0.1) is 11.3 Å². The third kappa shape index (κ3) is 4.05. The second kappa shape index (κ2) is 7.20. The molecule has 0 saturated carbocycles. The van der Waals surface area contributed by atoms with Crippen LogP contribution in [0.3, 0.4) is 0 Å². The van der Waals surface area contributed by atoms with Crippen molar-refractivity contribution >= 4 is 17.4 Å². The first-order valence-electron chi connectivity index (χ1n) is 8.42. The molecule has 23 heavy (non-hydrogen) atoms. The number of thiophene rings is 1. The molecule has 0 radical (unpaired) electrons. The lowest BCUT2D eigenvalue weighted by Crippen LogP contribution is -2.52. The normalized spacial score (nSPS) is 25.3. The van der Waals surface area contributed by atoms with Gasteiger partial charge in [-0.2, -0.15) is 0 Å². The number of likely N-dealkylation sites (tertiary alicyclic amines) is 1. The lowest BCUT2D eigenvalue weighted by molar-refractivity contribution is -0.189. The molecule has 3 heterocycles. The molecule has 0 aliphatic carbocycles. The van der Waals surface area contributed by atoms with Gasteiger partial charge in [-0.3, -0.25) is 0 Å². The van der Waals surface area contributed by atoms with Crippen LogP contribution in [0.1, 0.15) is 31.6 Å². The number of hydrogen-bond acceptors (Lipinski definition) is 4. The van der Waals surface area contributed by atoms with Crippen LogP contribution in [0.15, 0.2) is 17.5 Å². The van der Waals surface area contributed by atoms with Crippen LogP contribution in [0.4, 0.5) is 4.79 Å². The van der Waals surface area contributed by atoms with E-state index in [1.165, 1.54) is 4.88 Å².